The number of nitrogens with two attached hydrogens (primary N) is 1. The van der Waals surface area contributed by atoms with Gasteiger partial charge in [-0.3, -0.25) is 10.2 Å². The van der Waals surface area contributed by atoms with Crippen molar-refractivity contribution in [2.45, 2.75) is 6.54 Å². The number of rotatable bonds is 1. The molecule has 1 aromatic heterocycles. The molecule has 0 unspecified atom stereocenters. The van der Waals surface area contributed by atoms with Gasteiger partial charge in [0.2, 0.25) is 4.77 Å². The second-order valence-corrected chi connectivity index (χ2v) is 1.70. The predicted molar refractivity (Wildman–Crippen MR) is 31.7 cm³/mol. The maximum absolute atomic E-state index is 5.20. The molecule has 1 rings (SSSR count). The van der Waals surface area contributed by atoms with Gasteiger partial charge in [-0.05, 0) is 12.2 Å². The van der Waals surface area contributed by atoms with Gasteiger partial charge in [-0.15, -0.1) is 0 Å². The van der Waals surface area contributed by atoms with Gasteiger partial charge in [-0.25, -0.2) is 4.98 Å². The quantitative estimate of drug-likeness (QED) is 0.466. The number of hydrogen-bond donors (Lipinski definition) is 3. The Bertz CT molecular complexity index is 211. The van der Waals surface area contributed by atoms with Gasteiger partial charge in [-0.1, -0.05) is 0 Å². The summed E-state index contributed by atoms with van der Waals surface area (Å²) in [5.41, 5.74) is 5.20. The highest BCUT2D eigenvalue weighted by molar-refractivity contribution is 7.71. The van der Waals surface area contributed by atoms with Gasteiger partial charge in [-0.2, -0.15) is 0 Å². The lowest BCUT2D eigenvalue weighted by Gasteiger charge is -1.79. The lowest BCUT2D eigenvalue weighted by Crippen LogP contribution is -1.97. The van der Waals surface area contributed by atoms with E-state index in [2.05, 4.69) is 27.4 Å². The molecule has 44 valence electrons. The van der Waals surface area contributed by atoms with Gasteiger partial charge in [0.1, 0.15) is 5.82 Å². The molecule has 0 aliphatic rings. The van der Waals surface area contributed by atoms with Crippen molar-refractivity contribution in [3.63, 3.8) is 0 Å². The summed E-state index contributed by atoms with van der Waals surface area (Å²) in [6.07, 6.45) is 0. The van der Waals surface area contributed by atoms with E-state index in [9.17, 15) is 0 Å². The molecule has 0 aliphatic heterocycles. The molecule has 0 amide bonds. The third-order valence-electron chi connectivity index (χ3n) is 0.744. The molecule has 8 heavy (non-hydrogen) atoms. The second-order valence-electron chi connectivity index (χ2n) is 1.32. The Hall–Kier alpha value is -0.680. The summed E-state index contributed by atoms with van der Waals surface area (Å²) in [5, 5.41) is 5.31. The average molecular weight is 130 g/mol. The average Bonchev–Trinajstić information content (AvgIpc) is 2.14. The van der Waals surface area contributed by atoms with Crippen molar-refractivity contribution in [1.29, 1.82) is 0 Å². The molecule has 0 atom stereocenters. The van der Waals surface area contributed by atoms with Crippen LogP contribution in [0.3, 0.4) is 0 Å². The van der Waals surface area contributed by atoms with Crippen molar-refractivity contribution in [2.24, 2.45) is 5.73 Å². The molecule has 0 spiro atoms. The number of H-pyrrole nitrogens is 2. The van der Waals surface area contributed by atoms with Crippen LogP contribution in [-0.2, 0) is 6.54 Å². The van der Waals surface area contributed by atoms with Gasteiger partial charge in [0, 0.05) is 0 Å². The van der Waals surface area contributed by atoms with Gasteiger partial charge in [0.15, 0.2) is 0 Å². The molecule has 0 fully saturated rings. The third-order valence-corrected chi connectivity index (χ3v) is 0.937. The number of aromatic amines is 2. The zero-order valence-electron chi connectivity index (χ0n) is 4.14. The van der Waals surface area contributed by atoms with E-state index >= 15 is 0 Å². The number of aromatic nitrogens is 3. The molecule has 1 heterocycles. The Balaban J connectivity index is 3.01. The first-order valence-electron chi connectivity index (χ1n) is 2.16. The first kappa shape index (κ1) is 5.46. The number of hydrogen-bond acceptors (Lipinski definition) is 3. The van der Waals surface area contributed by atoms with E-state index in [0.29, 0.717) is 17.1 Å². The molecule has 0 aromatic carbocycles. The second kappa shape index (κ2) is 2.06. The molecule has 0 saturated heterocycles. The lowest BCUT2D eigenvalue weighted by molar-refractivity contribution is 0.917. The van der Waals surface area contributed by atoms with Crippen molar-refractivity contribution in [1.82, 2.24) is 15.2 Å². The van der Waals surface area contributed by atoms with Crippen LogP contribution < -0.4 is 5.73 Å². The van der Waals surface area contributed by atoms with E-state index in [4.69, 9.17) is 5.73 Å². The van der Waals surface area contributed by atoms with E-state index in [1.807, 2.05) is 0 Å². The van der Waals surface area contributed by atoms with E-state index in [1.165, 1.54) is 0 Å². The minimum Gasteiger partial charge on any atom is -0.324 e. The monoisotopic (exact) mass is 130 g/mol. The zero-order valence-corrected chi connectivity index (χ0v) is 4.96. The largest absolute Gasteiger partial charge is 0.324 e. The highest BCUT2D eigenvalue weighted by Gasteiger charge is 1.87. The van der Waals surface area contributed by atoms with Crippen LogP contribution in [0.25, 0.3) is 0 Å². The minimum atomic E-state index is 0.396. The molecule has 0 radical (unpaired) electrons. The summed E-state index contributed by atoms with van der Waals surface area (Å²) in [7, 11) is 0. The van der Waals surface area contributed by atoms with Crippen molar-refractivity contribution in [3.05, 3.63) is 10.6 Å². The highest BCUT2D eigenvalue weighted by Crippen LogP contribution is 1.81. The van der Waals surface area contributed by atoms with Gasteiger partial charge >= 0.3 is 0 Å². The maximum Gasteiger partial charge on any atom is 0.213 e. The first-order valence-corrected chi connectivity index (χ1v) is 2.57. The Morgan fingerprint density at radius 2 is 2.38 bits per heavy atom. The molecule has 0 saturated carbocycles. The summed E-state index contributed by atoms with van der Waals surface area (Å²) < 4.78 is 0.449. The Labute approximate surface area is 51.1 Å². The Kier molecular flexibility index (Phi) is 1.40. The van der Waals surface area contributed by atoms with Crippen molar-refractivity contribution in [3.8, 4) is 0 Å². The maximum atomic E-state index is 5.20. The van der Waals surface area contributed by atoms with Crippen molar-refractivity contribution >= 4 is 12.2 Å². The standard InChI is InChI=1S/C3H6N4S/c4-1-2-5-3(8)7-6-2/h1,4H2,(H2,5,6,7,8). The summed E-state index contributed by atoms with van der Waals surface area (Å²) in [6.45, 7) is 0.396. The normalized spacial score (nSPS) is 9.62. The van der Waals surface area contributed by atoms with E-state index in [-0.39, 0.29) is 0 Å². The first-order chi connectivity index (χ1) is 3.83. The Morgan fingerprint density at radius 3 is 2.62 bits per heavy atom. The van der Waals surface area contributed by atoms with Crippen LogP contribution in [0, 0.1) is 4.77 Å². The van der Waals surface area contributed by atoms with E-state index < -0.39 is 0 Å². The molecule has 0 aliphatic carbocycles. The zero-order chi connectivity index (χ0) is 5.98. The fraction of sp³-hybridized carbons (Fsp3) is 0.333. The lowest BCUT2D eigenvalue weighted by atomic mass is 10.6. The summed E-state index contributed by atoms with van der Waals surface area (Å²) in [4.78, 5) is 3.81. The highest BCUT2D eigenvalue weighted by atomic mass is 32.1. The molecule has 4 N–H and O–H groups in total. The fourth-order valence-corrected chi connectivity index (χ4v) is 0.562. The fourth-order valence-electron chi connectivity index (χ4n) is 0.401. The minimum absolute atomic E-state index is 0.396. The molecular formula is C3H6N4S. The van der Waals surface area contributed by atoms with E-state index in [1.54, 1.807) is 0 Å². The third kappa shape index (κ3) is 0.932. The SMILES string of the molecule is NCc1nc(=S)[nH][nH]1. The van der Waals surface area contributed by atoms with Gasteiger partial charge in [0.25, 0.3) is 0 Å². The van der Waals surface area contributed by atoms with Crippen LogP contribution in [0.1, 0.15) is 5.82 Å². The van der Waals surface area contributed by atoms with Gasteiger partial charge < -0.3 is 5.73 Å². The van der Waals surface area contributed by atoms with Crippen LogP contribution in [0.2, 0.25) is 0 Å². The molecular weight excluding hydrogens is 124 g/mol. The van der Waals surface area contributed by atoms with E-state index in [0.717, 1.165) is 0 Å². The van der Waals surface area contributed by atoms with Crippen LogP contribution in [0.15, 0.2) is 0 Å². The Morgan fingerprint density at radius 1 is 1.62 bits per heavy atom. The van der Waals surface area contributed by atoms with Crippen molar-refractivity contribution < 1.29 is 0 Å². The smallest absolute Gasteiger partial charge is 0.213 e. The summed E-state index contributed by atoms with van der Waals surface area (Å²) in [6, 6.07) is 0. The van der Waals surface area contributed by atoms with Gasteiger partial charge in [0.05, 0.1) is 6.54 Å². The van der Waals surface area contributed by atoms with Crippen LogP contribution >= 0.6 is 12.2 Å². The summed E-state index contributed by atoms with van der Waals surface area (Å²) in [5.74, 6) is 0.690. The molecule has 5 heteroatoms. The van der Waals surface area contributed by atoms with Crippen LogP contribution in [-0.4, -0.2) is 15.2 Å². The number of nitrogens with one attached hydrogen (secondary N) is 2. The van der Waals surface area contributed by atoms with Crippen LogP contribution in [0.5, 0.6) is 0 Å². The van der Waals surface area contributed by atoms with Crippen molar-refractivity contribution in [2.75, 3.05) is 0 Å². The summed E-state index contributed by atoms with van der Waals surface area (Å²) >= 11 is 4.65. The predicted octanol–water partition coefficient (Wildman–Crippen LogP) is -0.0740. The molecule has 1 aromatic rings. The topological polar surface area (TPSA) is 70.5 Å². The molecule has 0 bridgehead atoms. The number of nitrogens with zero attached hydrogens (tertiary/aromatic N) is 1. The van der Waals surface area contributed by atoms with Crippen LogP contribution in [0.4, 0.5) is 0 Å². The molecule has 4 nitrogen and oxygen atoms in total.